The number of para-hydroxylation sites is 1. The maximum Gasteiger partial charge on any atom is 0.262 e. The topological polar surface area (TPSA) is 83.8 Å². The first kappa shape index (κ1) is 16.2. The van der Waals surface area contributed by atoms with E-state index in [9.17, 15) is 14.4 Å². The number of aryl methyl sites for hydroxylation is 1. The molecule has 0 bridgehead atoms. The van der Waals surface area contributed by atoms with Gasteiger partial charge in [0.1, 0.15) is 6.54 Å². The molecule has 130 valence electrons. The number of rotatable bonds is 3. The molecule has 4 rings (SSSR count). The lowest BCUT2D eigenvalue weighted by atomic mass is 10.1. The number of imide groups is 1. The molecule has 3 aromatic rings. The standard InChI is InChI=1S/C18H14N4O3S/c1-21-13-8-4-5-9-14(13)26-18(21)20-19-15(23)10-22-16(24)11-6-2-3-7-12(11)17(22)25/h2-9H,10H2,1H3,(H,19,23)/b20-18+. The molecule has 2 heterocycles. The molecule has 26 heavy (non-hydrogen) atoms. The zero-order valence-corrected chi connectivity index (χ0v) is 14.6. The van der Waals surface area contributed by atoms with Crippen molar-refractivity contribution in [2.24, 2.45) is 12.1 Å². The fraction of sp³-hybridized carbons (Fsp3) is 0.111. The van der Waals surface area contributed by atoms with Crippen LogP contribution in [0.25, 0.3) is 10.2 Å². The van der Waals surface area contributed by atoms with Crippen molar-refractivity contribution < 1.29 is 14.4 Å². The summed E-state index contributed by atoms with van der Waals surface area (Å²) in [5, 5.41) is 4.12. The smallest absolute Gasteiger partial charge is 0.262 e. The Bertz CT molecular complexity index is 1090. The van der Waals surface area contributed by atoms with Gasteiger partial charge in [-0.3, -0.25) is 19.3 Å². The molecule has 0 fully saturated rings. The van der Waals surface area contributed by atoms with Crippen molar-refractivity contribution in [2.45, 2.75) is 0 Å². The summed E-state index contributed by atoms with van der Waals surface area (Å²) in [6, 6.07) is 14.3. The maximum absolute atomic E-state index is 12.3. The van der Waals surface area contributed by atoms with Gasteiger partial charge in [0.2, 0.25) is 4.80 Å². The van der Waals surface area contributed by atoms with Crippen LogP contribution < -0.4 is 10.2 Å². The zero-order chi connectivity index (χ0) is 18.3. The van der Waals surface area contributed by atoms with E-state index in [1.165, 1.54) is 11.3 Å². The van der Waals surface area contributed by atoms with Crippen LogP contribution in [0.3, 0.4) is 0 Å². The highest BCUT2D eigenvalue weighted by molar-refractivity contribution is 7.16. The van der Waals surface area contributed by atoms with E-state index in [-0.39, 0.29) is 6.54 Å². The lowest BCUT2D eigenvalue weighted by Crippen LogP contribution is -2.39. The molecule has 0 aliphatic carbocycles. The number of aromatic nitrogens is 1. The number of nitrogens with one attached hydrogen (secondary N) is 1. The number of hydrogen-bond donors (Lipinski definition) is 1. The monoisotopic (exact) mass is 366 g/mol. The molecule has 1 aromatic heterocycles. The second-order valence-electron chi connectivity index (χ2n) is 5.80. The lowest BCUT2D eigenvalue weighted by Gasteiger charge is -2.11. The van der Waals surface area contributed by atoms with Gasteiger partial charge < -0.3 is 4.57 Å². The summed E-state index contributed by atoms with van der Waals surface area (Å²) >= 11 is 1.43. The Morgan fingerprint density at radius 2 is 1.65 bits per heavy atom. The van der Waals surface area contributed by atoms with E-state index in [0.29, 0.717) is 15.9 Å². The predicted octanol–water partition coefficient (Wildman–Crippen LogP) is 1.47. The molecule has 1 N–H and O–H groups in total. The average molecular weight is 366 g/mol. The molecule has 8 heteroatoms. The number of carbonyl (C=O) groups excluding carboxylic acids is 3. The number of benzene rings is 2. The Morgan fingerprint density at radius 1 is 1.04 bits per heavy atom. The number of amides is 3. The van der Waals surface area contributed by atoms with Gasteiger partial charge in [-0.1, -0.05) is 35.6 Å². The fourth-order valence-electron chi connectivity index (χ4n) is 2.86. The van der Waals surface area contributed by atoms with Crippen molar-refractivity contribution in [3.05, 3.63) is 64.5 Å². The van der Waals surface area contributed by atoms with E-state index in [2.05, 4.69) is 10.5 Å². The predicted molar refractivity (Wildman–Crippen MR) is 96.3 cm³/mol. The summed E-state index contributed by atoms with van der Waals surface area (Å²) in [6.45, 7) is -0.371. The molecule has 0 unspecified atom stereocenters. The van der Waals surface area contributed by atoms with Gasteiger partial charge in [0.25, 0.3) is 17.7 Å². The van der Waals surface area contributed by atoms with Crippen molar-refractivity contribution >= 4 is 39.3 Å². The van der Waals surface area contributed by atoms with E-state index in [1.807, 2.05) is 35.9 Å². The van der Waals surface area contributed by atoms with E-state index in [4.69, 9.17) is 0 Å². The van der Waals surface area contributed by atoms with Crippen LogP contribution in [0.1, 0.15) is 20.7 Å². The molecule has 2 aromatic carbocycles. The third kappa shape index (κ3) is 2.60. The highest BCUT2D eigenvalue weighted by Gasteiger charge is 2.36. The molecule has 1 aliphatic heterocycles. The summed E-state index contributed by atoms with van der Waals surface area (Å²) in [5.41, 5.74) is 4.07. The Hall–Kier alpha value is -3.26. The molecule has 0 saturated carbocycles. The van der Waals surface area contributed by atoms with Crippen LogP contribution in [0.4, 0.5) is 0 Å². The summed E-state index contributed by atoms with van der Waals surface area (Å²) in [5.74, 6) is -1.46. The van der Waals surface area contributed by atoms with Crippen molar-refractivity contribution in [3.8, 4) is 0 Å². The summed E-state index contributed by atoms with van der Waals surface area (Å²) in [4.78, 5) is 38.3. The van der Waals surface area contributed by atoms with Crippen LogP contribution in [0, 0.1) is 0 Å². The van der Waals surface area contributed by atoms with Crippen LogP contribution in [0.15, 0.2) is 53.6 Å². The van der Waals surface area contributed by atoms with Crippen LogP contribution in [-0.4, -0.2) is 33.7 Å². The largest absolute Gasteiger partial charge is 0.318 e. The first-order valence-corrected chi connectivity index (χ1v) is 8.70. The van der Waals surface area contributed by atoms with Crippen LogP contribution in [0.2, 0.25) is 0 Å². The van der Waals surface area contributed by atoms with Gasteiger partial charge in [-0.15, -0.1) is 5.10 Å². The van der Waals surface area contributed by atoms with E-state index in [0.717, 1.165) is 15.1 Å². The molecule has 3 amide bonds. The highest BCUT2D eigenvalue weighted by atomic mass is 32.1. The number of hydrogen-bond acceptors (Lipinski definition) is 5. The second-order valence-corrected chi connectivity index (χ2v) is 6.81. The van der Waals surface area contributed by atoms with Crippen LogP contribution >= 0.6 is 11.3 Å². The number of carbonyl (C=O) groups is 3. The summed E-state index contributed by atoms with van der Waals surface area (Å²) in [7, 11) is 1.86. The molecule has 0 saturated heterocycles. The van der Waals surface area contributed by atoms with Crippen molar-refractivity contribution in [1.82, 2.24) is 14.9 Å². The number of fused-ring (bicyclic) bond motifs is 2. The van der Waals surface area contributed by atoms with Gasteiger partial charge in [0.15, 0.2) is 0 Å². The minimum atomic E-state index is -0.531. The van der Waals surface area contributed by atoms with Gasteiger partial charge in [-0.05, 0) is 24.3 Å². The molecule has 7 nitrogen and oxygen atoms in total. The van der Waals surface area contributed by atoms with Gasteiger partial charge in [-0.2, -0.15) is 0 Å². The van der Waals surface area contributed by atoms with Crippen molar-refractivity contribution in [1.29, 1.82) is 0 Å². The molecular formula is C18H14N4O3S. The molecule has 1 aliphatic rings. The first-order chi connectivity index (χ1) is 12.6. The quantitative estimate of drug-likeness (QED) is 0.563. The van der Waals surface area contributed by atoms with E-state index in [1.54, 1.807) is 24.3 Å². The molecule has 0 radical (unpaired) electrons. The third-order valence-corrected chi connectivity index (χ3v) is 5.28. The molecular weight excluding hydrogens is 352 g/mol. The van der Waals surface area contributed by atoms with Crippen LogP contribution in [-0.2, 0) is 11.8 Å². The van der Waals surface area contributed by atoms with E-state index >= 15 is 0 Å². The minimum Gasteiger partial charge on any atom is -0.318 e. The van der Waals surface area contributed by atoms with Gasteiger partial charge >= 0.3 is 0 Å². The first-order valence-electron chi connectivity index (χ1n) is 7.88. The summed E-state index contributed by atoms with van der Waals surface area (Å²) in [6.07, 6.45) is 0. The minimum absolute atomic E-state index is 0.318. The number of nitrogens with zero attached hydrogens (tertiary/aromatic N) is 3. The normalized spacial score (nSPS) is 14.2. The van der Waals surface area contributed by atoms with Gasteiger partial charge in [-0.25, -0.2) is 5.43 Å². The van der Waals surface area contributed by atoms with Crippen molar-refractivity contribution in [2.75, 3.05) is 6.54 Å². The zero-order valence-electron chi connectivity index (χ0n) is 13.8. The SMILES string of the molecule is Cn1/c(=N\NC(=O)CN2C(=O)c3ccccc3C2=O)sc2ccccc21. The third-order valence-electron chi connectivity index (χ3n) is 4.17. The Morgan fingerprint density at radius 3 is 2.31 bits per heavy atom. The molecule has 0 spiro atoms. The fourth-order valence-corrected chi connectivity index (χ4v) is 3.84. The van der Waals surface area contributed by atoms with Gasteiger partial charge in [0, 0.05) is 7.05 Å². The van der Waals surface area contributed by atoms with Crippen LogP contribution in [0.5, 0.6) is 0 Å². The lowest BCUT2D eigenvalue weighted by molar-refractivity contribution is -0.121. The molecule has 0 atom stereocenters. The number of thiazole rings is 1. The van der Waals surface area contributed by atoms with Gasteiger partial charge in [0.05, 0.1) is 21.3 Å². The average Bonchev–Trinajstić information content (AvgIpc) is 3.10. The second kappa shape index (κ2) is 6.23. The Balaban J connectivity index is 1.52. The Labute approximate surface area is 152 Å². The highest BCUT2D eigenvalue weighted by Crippen LogP contribution is 2.21. The Kier molecular flexibility index (Phi) is 3.89. The van der Waals surface area contributed by atoms with Crippen molar-refractivity contribution in [3.63, 3.8) is 0 Å². The van der Waals surface area contributed by atoms with E-state index < -0.39 is 17.7 Å². The summed E-state index contributed by atoms with van der Waals surface area (Å²) < 4.78 is 2.91. The maximum atomic E-state index is 12.3.